The van der Waals surface area contributed by atoms with Crippen molar-refractivity contribution in [1.29, 1.82) is 0 Å². The molecule has 0 saturated carbocycles. The van der Waals surface area contributed by atoms with Crippen LogP contribution in [0.15, 0.2) is 65.6 Å². The maximum atomic E-state index is 12.9. The quantitative estimate of drug-likeness (QED) is 0.242. The molecule has 0 spiro atoms. The number of carbonyl (C=O) groups excluding carboxylic acids is 2. The van der Waals surface area contributed by atoms with Crippen molar-refractivity contribution in [2.75, 3.05) is 19.8 Å². The zero-order valence-corrected chi connectivity index (χ0v) is 22.7. The smallest absolute Gasteiger partial charge is 0.293 e. The highest BCUT2D eigenvalue weighted by Crippen LogP contribution is 2.39. The van der Waals surface area contributed by atoms with Crippen molar-refractivity contribution in [3.8, 4) is 17.2 Å². The van der Waals surface area contributed by atoms with E-state index >= 15 is 0 Å². The zero-order valence-electron chi connectivity index (χ0n) is 20.3. The van der Waals surface area contributed by atoms with Crippen molar-refractivity contribution in [3.63, 3.8) is 0 Å². The van der Waals surface area contributed by atoms with Crippen LogP contribution < -0.4 is 14.2 Å². The third-order valence-corrected chi connectivity index (χ3v) is 6.81. The van der Waals surface area contributed by atoms with Gasteiger partial charge in [0.15, 0.2) is 11.5 Å². The average Bonchev–Trinajstić information content (AvgIpc) is 3.12. The number of hydrogen-bond acceptors (Lipinski definition) is 6. The van der Waals surface area contributed by atoms with E-state index in [-0.39, 0.29) is 30.9 Å². The van der Waals surface area contributed by atoms with Crippen molar-refractivity contribution >= 4 is 52.2 Å². The van der Waals surface area contributed by atoms with E-state index in [1.54, 1.807) is 30.3 Å². The normalized spacial score (nSPS) is 14.4. The first-order chi connectivity index (χ1) is 17.8. The lowest BCUT2D eigenvalue weighted by molar-refractivity contribution is -0.123. The monoisotopic (exact) mass is 557 g/mol. The van der Waals surface area contributed by atoms with Crippen LogP contribution in [0.2, 0.25) is 10.0 Å². The summed E-state index contributed by atoms with van der Waals surface area (Å²) in [4.78, 5) is 26.9. The summed E-state index contributed by atoms with van der Waals surface area (Å²) in [6.07, 6.45) is 1.63. The van der Waals surface area contributed by atoms with Crippen molar-refractivity contribution in [2.24, 2.45) is 0 Å². The third-order valence-electron chi connectivity index (χ3n) is 5.37. The van der Waals surface area contributed by atoms with Gasteiger partial charge in [-0.3, -0.25) is 14.5 Å². The van der Waals surface area contributed by atoms with E-state index < -0.39 is 0 Å². The number of hydrogen-bond donors (Lipinski definition) is 0. The molecule has 1 aliphatic rings. The molecule has 3 aromatic carbocycles. The van der Waals surface area contributed by atoms with Gasteiger partial charge in [0.2, 0.25) is 0 Å². The number of rotatable bonds is 10. The summed E-state index contributed by atoms with van der Waals surface area (Å²) in [6.45, 7) is 4.85. The summed E-state index contributed by atoms with van der Waals surface area (Å²) >= 11 is 13.4. The molecule has 1 aliphatic heterocycles. The molecule has 9 heteroatoms. The second kappa shape index (κ2) is 12.4. The van der Waals surface area contributed by atoms with Crippen LogP contribution in [0.3, 0.4) is 0 Å². The van der Waals surface area contributed by atoms with E-state index in [2.05, 4.69) is 0 Å². The fourth-order valence-corrected chi connectivity index (χ4v) is 4.88. The summed E-state index contributed by atoms with van der Waals surface area (Å²) in [7, 11) is 0. The minimum atomic E-state index is -0.375. The number of aryl methyl sites for hydroxylation is 1. The molecule has 1 fully saturated rings. The first-order valence-corrected chi connectivity index (χ1v) is 13.2. The van der Waals surface area contributed by atoms with Gasteiger partial charge in [-0.05, 0) is 84.8 Å². The van der Waals surface area contributed by atoms with Crippen molar-refractivity contribution in [3.05, 3.63) is 92.3 Å². The highest BCUT2D eigenvalue weighted by Gasteiger charge is 2.35. The van der Waals surface area contributed by atoms with E-state index in [1.165, 1.54) is 4.90 Å². The van der Waals surface area contributed by atoms with E-state index in [0.29, 0.717) is 44.4 Å². The summed E-state index contributed by atoms with van der Waals surface area (Å²) < 4.78 is 17.4. The van der Waals surface area contributed by atoms with Crippen LogP contribution in [-0.2, 0) is 11.4 Å². The fraction of sp³-hybridized carbons (Fsp3) is 0.214. The van der Waals surface area contributed by atoms with Gasteiger partial charge in [-0.25, -0.2) is 0 Å². The molecule has 0 aromatic heterocycles. The van der Waals surface area contributed by atoms with Crippen LogP contribution in [0.4, 0.5) is 4.79 Å². The number of amides is 2. The minimum absolute atomic E-state index is 0.151. The van der Waals surface area contributed by atoms with Crippen LogP contribution in [0.5, 0.6) is 17.2 Å². The minimum Gasteiger partial charge on any atom is -0.492 e. The van der Waals surface area contributed by atoms with Gasteiger partial charge in [-0.1, -0.05) is 47.5 Å². The van der Waals surface area contributed by atoms with Gasteiger partial charge >= 0.3 is 0 Å². The topological polar surface area (TPSA) is 65.1 Å². The van der Waals surface area contributed by atoms with Gasteiger partial charge in [0.1, 0.15) is 19.0 Å². The molecule has 4 rings (SSSR count). The van der Waals surface area contributed by atoms with Crippen molar-refractivity contribution in [2.45, 2.75) is 20.5 Å². The Bertz CT molecular complexity index is 1330. The van der Waals surface area contributed by atoms with E-state index in [1.807, 2.05) is 50.2 Å². The zero-order chi connectivity index (χ0) is 26.4. The van der Waals surface area contributed by atoms with Crippen LogP contribution in [0.25, 0.3) is 6.08 Å². The number of imide groups is 1. The van der Waals surface area contributed by atoms with Crippen LogP contribution in [0, 0.1) is 6.92 Å². The third kappa shape index (κ3) is 7.01. The Labute approximate surface area is 230 Å². The lowest BCUT2D eigenvalue weighted by atomic mass is 10.1. The molecule has 0 radical (unpaired) electrons. The second-order valence-electron chi connectivity index (χ2n) is 8.18. The Hall–Kier alpha value is -3.13. The summed E-state index contributed by atoms with van der Waals surface area (Å²) in [5.74, 6) is 1.16. The number of nitrogens with zero attached hydrogens (tertiary/aromatic N) is 1. The molecule has 192 valence electrons. The first kappa shape index (κ1) is 26.9. The summed E-state index contributed by atoms with van der Waals surface area (Å²) in [6, 6.07) is 18.3. The first-order valence-electron chi connectivity index (χ1n) is 11.6. The standard InChI is InChI=1S/C28H25Cl2NO5S/c1-3-34-24-15-20(14-23(30)26(24)36-17-19-7-9-21(29)10-8-19)16-25-27(32)31(28(33)37-25)11-12-35-22-6-4-5-18(2)13-22/h4-10,13-16H,3,11-12,17H2,1-2H3/b25-16-. The summed E-state index contributed by atoms with van der Waals surface area (Å²) in [5, 5.41) is 0.629. The summed E-state index contributed by atoms with van der Waals surface area (Å²) in [5.41, 5.74) is 2.61. The Balaban J connectivity index is 1.45. The van der Waals surface area contributed by atoms with Crippen LogP contribution in [0.1, 0.15) is 23.6 Å². The van der Waals surface area contributed by atoms with Gasteiger partial charge in [0, 0.05) is 5.02 Å². The van der Waals surface area contributed by atoms with Gasteiger partial charge in [0.05, 0.1) is 23.1 Å². The number of thioether (sulfide) groups is 1. The SMILES string of the molecule is CCOc1cc(/C=C2\SC(=O)N(CCOc3cccc(C)c3)C2=O)cc(Cl)c1OCc1ccc(Cl)cc1. The highest BCUT2D eigenvalue weighted by molar-refractivity contribution is 8.18. The molecule has 37 heavy (non-hydrogen) atoms. The lowest BCUT2D eigenvalue weighted by Gasteiger charge is -2.15. The predicted molar refractivity (Wildman–Crippen MR) is 148 cm³/mol. The van der Waals surface area contributed by atoms with E-state index in [4.69, 9.17) is 37.4 Å². The Morgan fingerprint density at radius 3 is 2.49 bits per heavy atom. The number of ether oxygens (including phenoxy) is 3. The Kier molecular flexibility index (Phi) is 9.03. The van der Waals surface area contributed by atoms with Gasteiger partial charge in [0.25, 0.3) is 11.1 Å². The molecule has 1 saturated heterocycles. The maximum Gasteiger partial charge on any atom is 0.293 e. The van der Waals surface area contributed by atoms with Gasteiger partial charge in [-0.2, -0.15) is 0 Å². The molecule has 0 bridgehead atoms. The largest absolute Gasteiger partial charge is 0.492 e. The number of halogens is 2. The molecule has 0 aliphatic carbocycles. The number of benzene rings is 3. The molecule has 6 nitrogen and oxygen atoms in total. The average molecular weight is 558 g/mol. The van der Waals surface area contributed by atoms with Crippen molar-refractivity contribution in [1.82, 2.24) is 4.90 Å². The molecular formula is C28H25Cl2NO5S. The van der Waals surface area contributed by atoms with Crippen LogP contribution in [-0.4, -0.2) is 35.8 Å². The molecule has 2 amide bonds. The Morgan fingerprint density at radius 1 is 0.973 bits per heavy atom. The van der Waals surface area contributed by atoms with Gasteiger partial charge in [-0.15, -0.1) is 0 Å². The van der Waals surface area contributed by atoms with E-state index in [9.17, 15) is 9.59 Å². The van der Waals surface area contributed by atoms with Crippen LogP contribution >= 0.6 is 35.0 Å². The fourth-order valence-electron chi connectivity index (χ4n) is 3.61. The molecule has 0 N–H and O–H groups in total. The lowest BCUT2D eigenvalue weighted by Crippen LogP contribution is -2.32. The molecule has 0 unspecified atom stereocenters. The molecule has 0 atom stereocenters. The molecule has 3 aromatic rings. The van der Waals surface area contributed by atoms with E-state index in [0.717, 1.165) is 22.9 Å². The maximum absolute atomic E-state index is 12.9. The molecular weight excluding hydrogens is 533 g/mol. The van der Waals surface area contributed by atoms with Crippen molar-refractivity contribution < 1.29 is 23.8 Å². The predicted octanol–water partition coefficient (Wildman–Crippen LogP) is 7.39. The molecule has 1 heterocycles. The Morgan fingerprint density at radius 2 is 1.76 bits per heavy atom. The second-order valence-corrected chi connectivity index (χ2v) is 10.0. The number of carbonyl (C=O) groups is 2. The highest BCUT2D eigenvalue weighted by atomic mass is 35.5. The van der Waals surface area contributed by atoms with Gasteiger partial charge < -0.3 is 14.2 Å².